The number of nitro groups is 1. The lowest BCUT2D eigenvalue weighted by atomic mass is 9.92. The van der Waals surface area contributed by atoms with Gasteiger partial charge >= 0.3 is 0 Å². The lowest BCUT2D eigenvalue weighted by Crippen LogP contribution is -2.30. The number of carbonyl (C=O) groups is 1. The highest BCUT2D eigenvalue weighted by molar-refractivity contribution is 5.82. The van der Waals surface area contributed by atoms with Crippen molar-refractivity contribution in [2.75, 3.05) is 6.54 Å². The summed E-state index contributed by atoms with van der Waals surface area (Å²) in [6, 6.07) is 6.04. The number of benzene rings is 1. The number of aliphatic hydroxyl groups is 1. The summed E-state index contributed by atoms with van der Waals surface area (Å²) in [7, 11) is 0. The molecule has 0 saturated carbocycles. The van der Waals surface area contributed by atoms with Gasteiger partial charge in [0.25, 0.3) is 5.69 Å². The molecule has 20 heavy (non-hydrogen) atoms. The summed E-state index contributed by atoms with van der Waals surface area (Å²) in [6.07, 6.45) is 1.84. The molecule has 3 atom stereocenters. The van der Waals surface area contributed by atoms with Gasteiger partial charge in [-0.15, -0.1) is 0 Å². The Morgan fingerprint density at radius 3 is 2.65 bits per heavy atom. The summed E-state index contributed by atoms with van der Waals surface area (Å²) >= 11 is 0. The van der Waals surface area contributed by atoms with Crippen LogP contribution in [-0.4, -0.2) is 33.4 Å². The Kier molecular flexibility index (Phi) is 3.17. The van der Waals surface area contributed by atoms with Crippen LogP contribution in [0.2, 0.25) is 0 Å². The van der Waals surface area contributed by atoms with Gasteiger partial charge in [0.1, 0.15) is 0 Å². The fourth-order valence-electron chi connectivity index (χ4n) is 3.27. The summed E-state index contributed by atoms with van der Waals surface area (Å²) < 4.78 is 0. The fraction of sp³-hybridized carbons (Fsp3) is 0.500. The van der Waals surface area contributed by atoms with Crippen LogP contribution >= 0.6 is 0 Å². The highest BCUT2D eigenvalue weighted by Gasteiger charge is 2.45. The van der Waals surface area contributed by atoms with Crippen LogP contribution in [0.4, 0.5) is 5.69 Å². The zero-order chi connectivity index (χ0) is 14.3. The molecule has 2 fully saturated rings. The van der Waals surface area contributed by atoms with Gasteiger partial charge in [0.05, 0.1) is 16.9 Å². The molecule has 2 heterocycles. The Hall–Kier alpha value is -1.95. The molecule has 2 aliphatic heterocycles. The summed E-state index contributed by atoms with van der Waals surface area (Å²) in [5.41, 5.74) is 0.550. The normalized spacial score (nSPS) is 26.6. The molecular formula is C14H16N2O4. The van der Waals surface area contributed by atoms with E-state index in [1.807, 2.05) is 4.90 Å². The van der Waals surface area contributed by atoms with Crippen LogP contribution in [0.5, 0.6) is 0 Å². The lowest BCUT2D eigenvalue weighted by molar-refractivity contribution is -0.384. The zero-order valence-corrected chi connectivity index (χ0v) is 10.9. The Morgan fingerprint density at radius 1 is 1.35 bits per heavy atom. The third kappa shape index (κ3) is 2.06. The molecule has 1 aromatic rings. The topological polar surface area (TPSA) is 83.7 Å². The van der Waals surface area contributed by atoms with E-state index >= 15 is 0 Å². The van der Waals surface area contributed by atoms with Gasteiger partial charge < -0.3 is 10.0 Å². The highest BCUT2D eigenvalue weighted by Crippen LogP contribution is 2.39. The largest absolute Gasteiger partial charge is 0.388 e. The number of amides is 1. The van der Waals surface area contributed by atoms with Gasteiger partial charge in [-0.1, -0.05) is 0 Å². The smallest absolute Gasteiger partial charge is 0.269 e. The number of fused-ring (bicyclic) bond motifs is 1. The van der Waals surface area contributed by atoms with Crippen molar-refractivity contribution in [2.45, 2.75) is 31.4 Å². The van der Waals surface area contributed by atoms with Crippen molar-refractivity contribution in [2.24, 2.45) is 5.92 Å². The molecule has 3 rings (SSSR count). The van der Waals surface area contributed by atoms with Crippen molar-refractivity contribution in [3.8, 4) is 0 Å². The Bertz CT molecular complexity index is 543. The first-order valence-corrected chi connectivity index (χ1v) is 6.81. The second-order valence-electron chi connectivity index (χ2n) is 5.46. The van der Waals surface area contributed by atoms with Crippen molar-refractivity contribution in [1.29, 1.82) is 0 Å². The van der Waals surface area contributed by atoms with Gasteiger partial charge in [-0.05, 0) is 37.0 Å². The van der Waals surface area contributed by atoms with Gasteiger partial charge in [-0.25, -0.2) is 0 Å². The fourth-order valence-corrected chi connectivity index (χ4v) is 3.27. The van der Waals surface area contributed by atoms with Crippen LogP contribution in [0, 0.1) is 16.0 Å². The van der Waals surface area contributed by atoms with Crippen LogP contribution in [-0.2, 0) is 4.79 Å². The number of hydrogen-bond donors (Lipinski definition) is 1. The van der Waals surface area contributed by atoms with Crippen LogP contribution in [0.15, 0.2) is 24.3 Å². The van der Waals surface area contributed by atoms with Gasteiger partial charge in [0.15, 0.2) is 0 Å². The number of carbonyl (C=O) groups excluding carboxylic acids is 1. The summed E-state index contributed by atoms with van der Waals surface area (Å²) in [4.78, 5) is 24.2. The maximum absolute atomic E-state index is 12.2. The molecule has 0 radical (unpaired) electrons. The van der Waals surface area contributed by atoms with E-state index in [1.165, 1.54) is 24.3 Å². The minimum absolute atomic E-state index is 0.0124. The van der Waals surface area contributed by atoms with E-state index in [0.29, 0.717) is 12.0 Å². The maximum Gasteiger partial charge on any atom is 0.269 e. The third-order valence-corrected chi connectivity index (χ3v) is 4.33. The third-order valence-electron chi connectivity index (χ3n) is 4.33. The molecule has 6 nitrogen and oxygen atoms in total. The van der Waals surface area contributed by atoms with E-state index < -0.39 is 16.9 Å². The highest BCUT2D eigenvalue weighted by atomic mass is 16.6. The Morgan fingerprint density at radius 2 is 2.05 bits per heavy atom. The second-order valence-corrected chi connectivity index (χ2v) is 5.46. The molecule has 1 aromatic carbocycles. The minimum Gasteiger partial charge on any atom is -0.388 e. The van der Waals surface area contributed by atoms with Crippen molar-refractivity contribution in [3.05, 3.63) is 39.9 Å². The van der Waals surface area contributed by atoms with E-state index in [-0.39, 0.29) is 17.6 Å². The number of nitrogens with zero attached hydrogens (tertiary/aromatic N) is 2. The van der Waals surface area contributed by atoms with Crippen LogP contribution in [0.1, 0.15) is 30.9 Å². The lowest BCUT2D eigenvalue weighted by Gasteiger charge is -2.18. The molecule has 106 valence electrons. The summed E-state index contributed by atoms with van der Waals surface area (Å²) in [6.45, 7) is 0.785. The van der Waals surface area contributed by atoms with E-state index in [0.717, 1.165) is 19.4 Å². The molecule has 0 spiro atoms. The molecule has 2 aliphatic rings. The zero-order valence-electron chi connectivity index (χ0n) is 10.9. The molecule has 6 heteroatoms. The number of nitro benzene ring substituents is 1. The minimum atomic E-state index is -0.881. The Balaban J connectivity index is 1.77. The molecule has 1 amide bonds. The standard InChI is InChI=1S/C14H16N2O4/c17-13(9-3-5-10(6-4-9)16(19)20)12-8-11-2-1-7-15(11)14(12)18/h3-6,11-13,17H,1-2,7-8H2/t11-,12-,13-/m0/s1. The molecule has 0 aromatic heterocycles. The first kappa shape index (κ1) is 13.1. The molecule has 2 saturated heterocycles. The number of non-ortho nitro benzene ring substituents is 1. The predicted molar refractivity (Wildman–Crippen MR) is 70.9 cm³/mol. The van der Waals surface area contributed by atoms with Crippen molar-refractivity contribution in [3.63, 3.8) is 0 Å². The van der Waals surface area contributed by atoms with Crippen LogP contribution in [0.25, 0.3) is 0 Å². The number of rotatable bonds is 3. The SMILES string of the molecule is O=C1[C@H]([C@@H](O)c2ccc([N+](=O)[O-])cc2)C[C@@H]2CCCN12. The second kappa shape index (κ2) is 4.86. The average molecular weight is 276 g/mol. The van der Waals surface area contributed by atoms with E-state index in [9.17, 15) is 20.0 Å². The monoisotopic (exact) mass is 276 g/mol. The first-order valence-electron chi connectivity index (χ1n) is 6.81. The number of hydrogen-bond acceptors (Lipinski definition) is 4. The van der Waals surface area contributed by atoms with Crippen molar-refractivity contribution < 1.29 is 14.8 Å². The van der Waals surface area contributed by atoms with Crippen molar-refractivity contribution >= 4 is 11.6 Å². The molecule has 0 aliphatic carbocycles. The summed E-state index contributed by atoms with van der Waals surface area (Å²) in [5.74, 6) is -0.403. The molecule has 0 unspecified atom stereocenters. The quantitative estimate of drug-likeness (QED) is 0.672. The average Bonchev–Trinajstić information content (AvgIpc) is 3.02. The molecule has 0 bridgehead atoms. The van der Waals surface area contributed by atoms with E-state index in [2.05, 4.69) is 0 Å². The van der Waals surface area contributed by atoms with Gasteiger partial charge in [-0.2, -0.15) is 0 Å². The van der Waals surface area contributed by atoms with E-state index in [1.54, 1.807) is 0 Å². The van der Waals surface area contributed by atoms with Crippen molar-refractivity contribution in [1.82, 2.24) is 4.90 Å². The van der Waals surface area contributed by atoms with Gasteiger partial charge in [0.2, 0.25) is 5.91 Å². The van der Waals surface area contributed by atoms with E-state index in [4.69, 9.17) is 0 Å². The van der Waals surface area contributed by atoms with Gasteiger partial charge in [0, 0.05) is 24.7 Å². The van der Waals surface area contributed by atoms with Crippen LogP contribution in [0.3, 0.4) is 0 Å². The predicted octanol–water partition coefficient (Wildman–Crippen LogP) is 1.64. The molecular weight excluding hydrogens is 260 g/mol. The molecule has 1 N–H and O–H groups in total. The van der Waals surface area contributed by atoms with Gasteiger partial charge in [-0.3, -0.25) is 14.9 Å². The first-order chi connectivity index (χ1) is 9.58. The number of aliphatic hydroxyl groups excluding tert-OH is 1. The van der Waals surface area contributed by atoms with Crippen LogP contribution < -0.4 is 0 Å². The maximum atomic E-state index is 12.2. The summed E-state index contributed by atoms with van der Waals surface area (Å²) in [5, 5.41) is 21.0. The Labute approximate surface area is 116 Å².